The Hall–Kier alpha value is -1.91. The van der Waals surface area contributed by atoms with Crippen molar-refractivity contribution in [3.05, 3.63) is 57.3 Å². The van der Waals surface area contributed by atoms with Crippen LogP contribution in [0.3, 0.4) is 0 Å². The first-order valence-electron chi connectivity index (χ1n) is 6.23. The van der Waals surface area contributed by atoms with Crippen molar-refractivity contribution in [3.63, 3.8) is 0 Å². The zero-order valence-corrected chi connectivity index (χ0v) is 12.6. The van der Waals surface area contributed by atoms with Crippen molar-refractivity contribution in [1.29, 1.82) is 0 Å². The van der Waals surface area contributed by atoms with Crippen LogP contribution in [0.5, 0.6) is 0 Å². The first-order chi connectivity index (χ1) is 9.99. The number of aryl methyl sites for hydroxylation is 1. The number of hydrogen-bond donors (Lipinski definition) is 0. The third-order valence-electron chi connectivity index (χ3n) is 3.29. The van der Waals surface area contributed by atoms with Crippen LogP contribution in [0.4, 0.5) is 5.69 Å². The van der Waals surface area contributed by atoms with Crippen molar-refractivity contribution in [1.82, 2.24) is 4.98 Å². The molecule has 0 unspecified atom stereocenters. The topological polar surface area (TPSA) is 50.3 Å². The standard InChI is InChI=1S/C15H10Cl2N2O2/c1-8-4-9(6-18-5-8)7-19-13-11(17)3-2-10(16)12(13)14(20)15(19)21/h2-6H,7H2,1H3. The van der Waals surface area contributed by atoms with Crippen LogP contribution in [-0.2, 0) is 11.3 Å². The second kappa shape index (κ2) is 5.13. The van der Waals surface area contributed by atoms with E-state index in [-0.39, 0.29) is 17.1 Å². The summed E-state index contributed by atoms with van der Waals surface area (Å²) in [5.74, 6) is -1.25. The molecule has 1 aromatic carbocycles. The van der Waals surface area contributed by atoms with Crippen molar-refractivity contribution in [2.45, 2.75) is 13.5 Å². The molecule has 0 saturated carbocycles. The van der Waals surface area contributed by atoms with E-state index in [0.717, 1.165) is 11.1 Å². The second-order valence-electron chi connectivity index (χ2n) is 4.84. The van der Waals surface area contributed by atoms with Gasteiger partial charge in [0.15, 0.2) is 0 Å². The SMILES string of the molecule is Cc1cncc(CN2C(=O)C(=O)c3c(Cl)ccc(Cl)c32)c1. The monoisotopic (exact) mass is 320 g/mol. The van der Waals surface area contributed by atoms with E-state index >= 15 is 0 Å². The van der Waals surface area contributed by atoms with Gasteiger partial charge in [-0.1, -0.05) is 29.3 Å². The molecule has 0 radical (unpaired) electrons. The van der Waals surface area contributed by atoms with E-state index in [1.54, 1.807) is 18.5 Å². The lowest BCUT2D eigenvalue weighted by Gasteiger charge is -2.18. The van der Waals surface area contributed by atoms with Crippen LogP contribution in [-0.4, -0.2) is 16.7 Å². The van der Waals surface area contributed by atoms with E-state index in [4.69, 9.17) is 23.2 Å². The number of pyridine rings is 1. The fraction of sp³-hybridized carbons (Fsp3) is 0.133. The number of carbonyl (C=O) groups is 2. The number of fused-ring (bicyclic) bond motifs is 1. The molecule has 1 aromatic heterocycles. The maximum Gasteiger partial charge on any atom is 0.299 e. The smallest absolute Gasteiger partial charge is 0.299 e. The largest absolute Gasteiger partial charge is 0.299 e. The van der Waals surface area contributed by atoms with E-state index in [0.29, 0.717) is 10.7 Å². The molecule has 1 aliphatic rings. The average Bonchev–Trinajstić information content (AvgIpc) is 2.69. The Labute approximate surface area is 131 Å². The van der Waals surface area contributed by atoms with E-state index in [1.165, 1.54) is 11.0 Å². The van der Waals surface area contributed by atoms with Crippen molar-refractivity contribution in [3.8, 4) is 0 Å². The Morgan fingerprint density at radius 1 is 1.14 bits per heavy atom. The number of rotatable bonds is 2. The number of benzene rings is 1. The predicted molar refractivity (Wildman–Crippen MR) is 81.0 cm³/mol. The third-order valence-corrected chi connectivity index (χ3v) is 3.91. The minimum atomic E-state index is -0.627. The Balaban J connectivity index is 2.08. The molecule has 21 heavy (non-hydrogen) atoms. The Morgan fingerprint density at radius 2 is 1.86 bits per heavy atom. The van der Waals surface area contributed by atoms with Gasteiger partial charge in [0.05, 0.1) is 27.8 Å². The van der Waals surface area contributed by atoms with Gasteiger partial charge in [0.1, 0.15) is 0 Å². The number of ketones is 1. The van der Waals surface area contributed by atoms with Gasteiger partial charge in [0.25, 0.3) is 11.7 Å². The van der Waals surface area contributed by atoms with Gasteiger partial charge in [-0.3, -0.25) is 19.5 Å². The minimum Gasteiger partial charge on any atom is -0.299 e. The second-order valence-corrected chi connectivity index (χ2v) is 5.66. The Morgan fingerprint density at radius 3 is 2.57 bits per heavy atom. The predicted octanol–water partition coefficient (Wildman–Crippen LogP) is 3.43. The summed E-state index contributed by atoms with van der Waals surface area (Å²) in [7, 11) is 0. The van der Waals surface area contributed by atoms with Gasteiger partial charge < -0.3 is 0 Å². The number of hydrogen-bond acceptors (Lipinski definition) is 3. The summed E-state index contributed by atoms with van der Waals surface area (Å²) >= 11 is 12.2. The number of nitrogens with zero attached hydrogens (tertiary/aromatic N) is 2. The average molecular weight is 321 g/mol. The fourth-order valence-electron chi connectivity index (χ4n) is 2.39. The number of anilines is 1. The molecule has 1 aliphatic heterocycles. The molecular formula is C15H10Cl2N2O2. The molecule has 0 saturated heterocycles. The molecule has 106 valence electrons. The summed E-state index contributed by atoms with van der Waals surface area (Å²) in [5, 5.41) is 0.562. The van der Waals surface area contributed by atoms with E-state index in [2.05, 4.69) is 4.98 Å². The molecule has 0 bridgehead atoms. The zero-order valence-electron chi connectivity index (χ0n) is 11.1. The fourth-order valence-corrected chi connectivity index (χ4v) is 2.89. The van der Waals surface area contributed by atoms with Crippen LogP contribution < -0.4 is 4.90 Å². The Bertz CT molecular complexity index is 774. The number of Topliss-reactive ketones (excluding diaryl/α,β-unsaturated/α-hetero) is 1. The normalized spacial score (nSPS) is 13.8. The molecule has 0 fully saturated rings. The summed E-state index contributed by atoms with van der Waals surface area (Å²) in [6, 6.07) is 5.00. The molecular weight excluding hydrogens is 311 g/mol. The summed E-state index contributed by atoms with van der Waals surface area (Å²) < 4.78 is 0. The first kappa shape index (κ1) is 14.0. The Kier molecular flexibility index (Phi) is 3.43. The van der Waals surface area contributed by atoms with Crippen molar-refractivity contribution in [2.75, 3.05) is 4.90 Å². The van der Waals surface area contributed by atoms with E-state index in [1.807, 2.05) is 13.0 Å². The maximum absolute atomic E-state index is 12.2. The molecule has 3 rings (SSSR count). The van der Waals surface area contributed by atoms with Crippen LogP contribution in [0.25, 0.3) is 0 Å². The van der Waals surface area contributed by atoms with Crippen molar-refractivity contribution in [2.24, 2.45) is 0 Å². The molecule has 4 nitrogen and oxygen atoms in total. The first-order valence-corrected chi connectivity index (χ1v) is 6.99. The van der Waals surface area contributed by atoms with E-state index < -0.39 is 11.7 Å². The van der Waals surface area contributed by atoms with Gasteiger partial charge in [-0.25, -0.2) is 0 Å². The van der Waals surface area contributed by atoms with Gasteiger partial charge in [0.2, 0.25) is 0 Å². The maximum atomic E-state index is 12.2. The van der Waals surface area contributed by atoms with Crippen LogP contribution in [0.1, 0.15) is 21.5 Å². The number of amides is 1. The molecule has 2 aromatic rings. The summed E-state index contributed by atoms with van der Waals surface area (Å²) in [6.45, 7) is 2.14. The molecule has 0 spiro atoms. The molecule has 0 N–H and O–H groups in total. The number of aromatic nitrogens is 1. The molecule has 2 heterocycles. The van der Waals surface area contributed by atoms with Crippen LogP contribution in [0.2, 0.25) is 10.0 Å². The summed E-state index contributed by atoms with van der Waals surface area (Å²) in [5.41, 5.74) is 2.35. The quantitative estimate of drug-likeness (QED) is 0.796. The van der Waals surface area contributed by atoms with Gasteiger partial charge in [0, 0.05) is 12.4 Å². The van der Waals surface area contributed by atoms with Gasteiger partial charge in [-0.2, -0.15) is 0 Å². The molecule has 1 amide bonds. The number of carbonyl (C=O) groups excluding carboxylic acids is 2. The minimum absolute atomic E-state index is 0.176. The lowest BCUT2D eigenvalue weighted by atomic mass is 10.1. The highest BCUT2D eigenvalue weighted by atomic mass is 35.5. The highest BCUT2D eigenvalue weighted by molar-refractivity contribution is 6.56. The lowest BCUT2D eigenvalue weighted by molar-refractivity contribution is -0.114. The van der Waals surface area contributed by atoms with Crippen LogP contribution in [0.15, 0.2) is 30.6 Å². The summed E-state index contributed by atoms with van der Waals surface area (Å²) in [4.78, 5) is 29.7. The van der Waals surface area contributed by atoms with Crippen LogP contribution >= 0.6 is 23.2 Å². The molecule has 0 atom stereocenters. The highest BCUT2D eigenvalue weighted by Gasteiger charge is 2.39. The number of halogens is 2. The molecule has 6 heteroatoms. The van der Waals surface area contributed by atoms with Crippen LogP contribution in [0, 0.1) is 6.92 Å². The van der Waals surface area contributed by atoms with Crippen molar-refractivity contribution < 1.29 is 9.59 Å². The van der Waals surface area contributed by atoms with Crippen molar-refractivity contribution >= 4 is 40.6 Å². The zero-order chi connectivity index (χ0) is 15.1. The highest BCUT2D eigenvalue weighted by Crippen LogP contribution is 2.40. The molecule has 0 aliphatic carbocycles. The third kappa shape index (κ3) is 2.30. The summed E-state index contributed by atoms with van der Waals surface area (Å²) in [6.07, 6.45) is 3.37. The lowest BCUT2D eigenvalue weighted by Crippen LogP contribution is -2.29. The van der Waals surface area contributed by atoms with E-state index in [9.17, 15) is 9.59 Å². The van der Waals surface area contributed by atoms with Gasteiger partial charge >= 0.3 is 0 Å². The van der Waals surface area contributed by atoms with Gasteiger partial charge in [-0.15, -0.1) is 0 Å². The van der Waals surface area contributed by atoms with Gasteiger partial charge in [-0.05, 0) is 30.2 Å².